The lowest BCUT2D eigenvalue weighted by molar-refractivity contribution is -0.162. The van der Waals surface area contributed by atoms with Crippen LogP contribution in [0.5, 0.6) is 0 Å². The van der Waals surface area contributed by atoms with Gasteiger partial charge in [-0.2, -0.15) is 0 Å². The molecule has 80 valence electrons. The molecule has 3 fully saturated rings. The van der Waals surface area contributed by atoms with Crippen LogP contribution in [-0.2, 0) is 16.5 Å². The largest absolute Gasteiger partial charge is 0.284 e. The summed E-state index contributed by atoms with van der Waals surface area (Å²) in [4.78, 5) is 11.7. The highest BCUT2D eigenvalue weighted by Crippen LogP contribution is 2.66. The van der Waals surface area contributed by atoms with Crippen LogP contribution < -0.4 is 0 Å². The molecule has 0 amide bonds. The molecule has 3 heteroatoms. The fourth-order valence-corrected chi connectivity index (χ4v) is 4.07. The van der Waals surface area contributed by atoms with E-state index in [4.69, 9.17) is 0 Å². The van der Waals surface area contributed by atoms with Gasteiger partial charge >= 0.3 is 0 Å². The third-order valence-electron chi connectivity index (χ3n) is 4.82. The second-order valence-electron chi connectivity index (χ2n) is 5.66. The fraction of sp³-hybridized carbons (Fsp3) is 0.909. The molecule has 0 aliphatic heterocycles. The Bertz CT molecular complexity index is 296. The van der Waals surface area contributed by atoms with Crippen molar-refractivity contribution in [2.75, 3.05) is 0 Å². The molecule has 3 aliphatic carbocycles. The van der Waals surface area contributed by atoms with Crippen molar-refractivity contribution in [1.82, 2.24) is 0 Å². The summed E-state index contributed by atoms with van der Waals surface area (Å²) in [6.45, 7) is 6.50. The van der Waals surface area contributed by atoms with Crippen molar-refractivity contribution in [2.45, 2.75) is 40.0 Å². The second kappa shape index (κ2) is 2.91. The van der Waals surface area contributed by atoms with E-state index in [0.717, 1.165) is 25.2 Å². The fourth-order valence-electron chi connectivity index (χ4n) is 3.60. The predicted octanol–water partition coefficient (Wildman–Crippen LogP) is 1.92. The summed E-state index contributed by atoms with van der Waals surface area (Å²) in [5, 5.41) is -0.0891. The zero-order chi connectivity index (χ0) is 10.6. The van der Waals surface area contributed by atoms with Gasteiger partial charge < -0.3 is 0 Å². The molecule has 0 aromatic heterocycles. The predicted molar refractivity (Wildman–Crippen MR) is 57.3 cm³/mol. The van der Waals surface area contributed by atoms with Crippen molar-refractivity contribution in [2.24, 2.45) is 22.7 Å². The molecule has 3 aliphatic rings. The zero-order valence-electron chi connectivity index (χ0n) is 9.04. The summed E-state index contributed by atoms with van der Waals surface area (Å²) < 4.78 is 10.7. The Hall–Kier alpha value is -0.180. The lowest BCUT2D eigenvalue weighted by atomic mass is 9.41. The SMILES string of the molecule is CC1(C(=O)[SH]=O)CCC2CC1C2(C)C. The Morgan fingerprint density at radius 3 is 2.43 bits per heavy atom. The number of thiol groups is 1. The monoisotopic (exact) mass is 214 g/mol. The first kappa shape index (κ1) is 10.3. The number of carbonyl (C=O) groups is 1. The summed E-state index contributed by atoms with van der Waals surface area (Å²) in [5.41, 5.74) is -0.0328. The van der Waals surface area contributed by atoms with E-state index in [1.807, 2.05) is 6.92 Å². The van der Waals surface area contributed by atoms with Gasteiger partial charge in [0.2, 0.25) is 5.12 Å². The van der Waals surface area contributed by atoms with E-state index in [-0.39, 0.29) is 27.6 Å². The molecule has 0 spiro atoms. The molecule has 3 rings (SSSR count). The Morgan fingerprint density at radius 1 is 1.36 bits per heavy atom. The molecule has 0 saturated heterocycles. The van der Waals surface area contributed by atoms with E-state index in [1.54, 1.807) is 0 Å². The maximum absolute atomic E-state index is 11.7. The van der Waals surface area contributed by atoms with Gasteiger partial charge in [-0.05, 0) is 36.5 Å². The second-order valence-corrected chi connectivity index (χ2v) is 6.25. The van der Waals surface area contributed by atoms with Crippen molar-refractivity contribution in [3.63, 3.8) is 0 Å². The van der Waals surface area contributed by atoms with Gasteiger partial charge in [0, 0.05) is 5.41 Å². The van der Waals surface area contributed by atoms with Gasteiger partial charge in [0.1, 0.15) is 0 Å². The minimum Gasteiger partial charge on any atom is -0.284 e. The van der Waals surface area contributed by atoms with Crippen LogP contribution in [0.2, 0.25) is 0 Å². The normalized spacial score (nSPS) is 44.2. The number of hydrogen-bond acceptors (Lipinski definition) is 2. The Balaban J connectivity index is 2.29. The molecule has 0 N–H and O–H groups in total. The van der Waals surface area contributed by atoms with Gasteiger partial charge in [-0.15, -0.1) is 0 Å². The molecule has 3 unspecified atom stereocenters. The smallest absolute Gasteiger partial charge is 0.222 e. The topological polar surface area (TPSA) is 34.1 Å². The number of hydrogen-bond donors (Lipinski definition) is 1. The van der Waals surface area contributed by atoms with E-state index >= 15 is 0 Å². The van der Waals surface area contributed by atoms with Crippen LogP contribution in [0.15, 0.2) is 0 Å². The molecular weight excluding hydrogens is 196 g/mol. The van der Waals surface area contributed by atoms with Crippen molar-refractivity contribution >= 4 is 16.8 Å². The average molecular weight is 214 g/mol. The van der Waals surface area contributed by atoms with Gasteiger partial charge in [-0.25, -0.2) is 0 Å². The molecule has 3 atom stereocenters. The molecule has 0 aromatic rings. The highest BCUT2D eigenvalue weighted by atomic mass is 32.1. The van der Waals surface area contributed by atoms with Crippen LogP contribution >= 0.6 is 0 Å². The standard InChI is InChI=1S/C11H18O2S/c1-10(2)7-4-5-11(3,8(10)6-7)9(12)14-13/h7-8,14H,4-6H2,1-3H3. The molecule has 2 bridgehead atoms. The van der Waals surface area contributed by atoms with Crippen LogP contribution in [0.1, 0.15) is 40.0 Å². The third kappa shape index (κ3) is 1.08. The average Bonchev–Trinajstić information content (AvgIpc) is 2.16. The first-order valence-corrected chi connectivity index (χ1v) is 6.12. The number of carbonyl (C=O) groups excluding carboxylic acids is 1. The van der Waals surface area contributed by atoms with Crippen molar-refractivity contribution in [3.05, 3.63) is 0 Å². The van der Waals surface area contributed by atoms with E-state index in [0.29, 0.717) is 5.92 Å². The van der Waals surface area contributed by atoms with Gasteiger partial charge in [0.25, 0.3) is 0 Å². The quantitative estimate of drug-likeness (QED) is 0.677. The molecular formula is C11H18O2S. The maximum Gasteiger partial charge on any atom is 0.222 e. The molecule has 14 heavy (non-hydrogen) atoms. The lowest BCUT2D eigenvalue weighted by Gasteiger charge is -2.63. The van der Waals surface area contributed by atoms with Crippen molar-refractivity contribution in [3.8, 4) is 0 Å². The van der Waals surface area contributed by atoms with Crippen molar-refractivity contribution in [1.29, 1.82) is 0 Å². The Labute approximate surface area is 88.9 Å². The van der Waals surface area contributed by atoms with E-state index in [2.05, 4.69) is 13.8 Å². The highest BCUT2D eigenvalue weighted by molar-refractivity contribution is 7.83. The van der Waals surface area contributed by atoms with E-state index in [9.17, 15) is 9.00 Å². The summed E-state index contributed by atoms with van der Waals surface area (Å²) in [6.07, 6.45) is 3.21. The summed E-state index contributed by atoms with van der Waals surface area (Å²) in [6, 6.07) is 0. The molecule has 0 radical (unpaired) electrons. The Kier molecular flexibility index (Phi) is 2.15. The maximum atomic E-state index is 11.7. The minimum atomic E-state index is -0.318. The third-order valence-corrected chi connectivity index (χ3v) is 5.50. The van der Waals surface area contributed by atoms with Crippen LogP contribution in [0.4, 0.5) is 0 Å². The zero-order valence-corrected chi connectivity index (χ0v) is 9.93. The van der Waals surface area contributed by atoms with E-state index < -0.39 is 0 Å². The van der Waals surface area contributed by atoms with Crippen LogP contribution in [0, 0.1) is 22.7 Å². The van der Waals surface area contributed by atoms with Gasteiger partial charge in [-0.3, -0.25) is 9.00 Å². The summed E-state index contributed by atoms with van der Waals surface area (Å²) >= 11 is -0.299. The molecule has 0 aromatic carbocycles. The van der Waals surface area contributed by atoms with E-state index in [1.165, 1.54) is 0 Å². The molecule has 0 heterocycles. The Morgan fingerprint density at radius 2 is 2.00 bits per heavy atom. The first-order chi connectivity index (χ1) is 6.43. The number of fused-ring (bicyclic) bond motifs is 2. The lowest BCUT2D eigenvalue weighted by Crippen LogP contribution is -2.59. The van der Waals surface area contributed by atoms with Gasteiger partial charge in [-0.1, -0.05) is 20.8 Å². The number of rotatable bonds is 1. The molecule has 2 nitrogen and oxygen atoms in total. The van der Waals surface area contributed by atoms with Crippen LogP contribution in [0.3, 0.4) is 0 Å². The first-order valence-electron chi connectivity index (χ1n) is 5.30. The van der Waals surface area contributed by atoms with Crippen LogP contribution in [-0.4, -0.2) is 9.32 Å². The highest BCUT2D eigenvalue weighted by Gasteiger charge is 2.61. The molecule has 3 saturated carbocycles. The summed E-state index contributed by atoms with van der Waals surface area (Å²) in [7, 11) is 0. The minimum absolute atomic E-state index is 0.0891. The summed E-state index contributed by atoms with van der Waals surface area (Å²) in [5.74, 6) is 1.24. The van der Waals surface area contributed by atoms with Crippen LogP contribution in [0.25, 0.3) is 0 Å². The van der Waals surface area contributed by atoms with Gasteiger partial charge in [0.15, 0.2) is 0 Å². The van der Waals surface area contributed by atoms with Crippen molar-refractivity contribution < 1.29 is 9.00 Å². The van der Waals surface area contributed by atoms with Gasteiger partial charge in [0.05, 0.1) is 11.7 Å².